The number of carboxylic acid groups (broad SMARTS) is 1. The van der Waals surface area contributed by atoms with Crippen LogP contribution in [0, 0.1) is 11.3 Å². The highest BCUT2D eigenvalue weighted by atomic mass is 16.5. The summed E-state index contributed by atoms with van der Waals surface area (Å²) in [5.74, 6) is 1.55. The SMILES string of the molecule is C=CCOc1ccc2nc(N(Cc3ccc(C(=O)O)cc3)C3CCC(C(C)(C)C)CC3)n(C)c2c1. The van der Waals surface area contributed by atoms with Gasteiger partial charge in [0.25, 0.3) is 0 Å². The molecule has 0 unspecified atom stereocenters. The van der Waals surface area contributed by atoms with E-state index in [0.29, 0.717) is 30.2 Å². The number of ether oxygens (including phenoxy) is 1. The molecule has 186 valence electrons. The number of anilines is 1. The van der Waals surface area contributed by atoms with Crippen LogP contribution in [0.5, 0.6) is 5.75 Å². The van der Waals surface area contributed by atoms with Crippen LogP contribution >= 0.6 is 0 Å². The maximum absolute atomic E-state index is 11.3. The van der Waals surface area contributed by atoms with Crippen molar-refractivity contribution in [3.63, 3.8) is 0 Å². The molecular weight excluding hydrogens is 438 g/mol. The Morgan fingerprint density at radius 1 is 1.17 bits per heavy atom. The van der Waals surface area contributed by atoms with Gasteiger partial charge in [-0.1, -0.05) is 45.6 Å². The first-order valence-corrected chi connectivity index (χ1v) is 12.5. The molecule has 3 aromatic rings. The van der Waals surface area contributed by atoms with E-state index in [0.717, 1.165) is 47.1 Å². The van der Waals surface area contributed by atoms with E-state index in [-0.39, 0.29) is 0 Å². The second-order valence-electron chi connectivity index (χ2n) is 10.7. The fraction of sp³-hybridized carbons (Fsp3) is 0.448. The molecule has 1 aromatic heterocycles. The third kappa shape index (κ3) is 5.53. The van der Waals surface area contributed by atoms with Gasteiger partial charge in [-0.15, -0.1) is 0 Å². The lowest BCUT2D eigenvalue weighted by molar-refractivity contribution is 0.0697. The molecule has 1 fully saturated rings. The first-order chi connectivity index (χ1) is 16.7. The minimum Gasteiger partial charge on any atom is -0.489 e. The van der Waals surface area contributed by atoms with E-state index >= 15 is 0 Å². The van der Waals surface area contributed by atoms with Gasteiger partial charge in [-0.2, -0.15) is 0 Å². The van der Waals surface area contributed by atoms with Gasteiger partial charge in [0.05, 0.1) is 16.6 Å². The first-order valence-electron chi connectivity index (χ1n) is 12.5. The molecule has 1 saturated carbocycles. The lowest BCUT2D eigenvalue weighted by atomic mass is 9.71. The number of nitrogens with zero attached hydrogens (tertiary/aromatic N) is 3. The maximum Gasteiger partial charge on any atom is 0.335 e. The topological polar surface area (TPSA) is 67.6 Å². The molecule has 4 rings (SSSR count). The van der Waals surface area contributed by atoms with Crippen molar-refractivity contribution in [1.29, 1.82) is 0 Å². The second-order valence-corrected chi connectivity index (χ2v) is 10.7. The van der Waals surface area contributed by atoms with E-state index in [4.69, 9.17) is 9.72 Å². The number of carbonyl (C=O) groups is 1. The Bertz CT molecular complexity index is 1180. The number of hydrogen-bond acceptors (Lipinski definition) is 4. The number of aryl methyl sites for hydroxylation is 1. The lowest BCUT2D eigenvalue weighted by Crippen LogP contribution is -2.41. The number of rotatable bonds is 8. The molecular formula is C29H37N3O3. The van der Waals surface area contributed by atoms with Crippen molar-refractivity contribution in [2.45, 2.75) is 59.0 Å². The van der Waals surface area contributed by atoms with Crippen molar-refractivity contribution >= 4 is 23.0 Å². The van der Waals surface area contributed by atoms with Crippen LogP contribution in [0.25, 0.3) is 11.0 Å². The average molecular weight is 476 g/mol. The van der Waals surface area contributed by atoms with Crippen molar-refractivity contribution in [1.82, 2.24) is 9.55 Å². The molecule has 6 nitrogen and oxygen atoms in total. The van der Waals surface area contributed by atoms with Gasteiger partial charge in [-0.05, 0) is 66.8 Å². The van der Waals surface area contributed by atoms with Gasteiger partial charge in [0, 0.05) is 25.7 Å². The number of carboxylic acids is 1. The van der Waals surface area contributed by atoms with E-state index in [1.807, 2.05) is 30.3 Å². The third-order valence-electron chi connectivity index (χ3n) is 7.37. The van der Waals surface area contributed by atoms with E-state index in [1.165, 1.54) is 12.8 Å². The average Bonchev–Trinajstić information content (AvgIpc) is 3.16. The molecule has 2 aromatic carbocycles. The molecule has 1 aliphatic rings. The molecule has 0 aliphatic heterocycles. The smallest absolute Gasteiger partial charge is 0.335 e. The summed E-state index contributed by atoms with van der Waals surface area (Å²) in [6.45, 7) is 11.9. The Hall–Kier alpha value is -3.28. The zero-order valence-electron chi connectivity index (χ0n) is 21.3. The first kappa shape index (κ1) is 24.8. The summed E-state index contributed by atoms with van der Waals surface area (Å²) in [6.07, 6.45) is 6.38. The fourth-order valence-electron chi connectivity index (χ4n) is 5.22. The van der Waals surface area contributed by atoms with Crippen molar-refractivity contribution in [3.8, 4) is 5.75 Å². The quantitative estimate of drug-likeness (QED) is 0.379. The van der Waals surface area contributed by atoms with Gasteiger partial charge < -0.3 is 19.3 Å². The summed E-state index contributed by atoms with van der Waals surface area (Å²) in [4.78, 5) is 18.8. The van der Waals surface area contributed by atoms with Gasteiger partial charge in [-0.25, -0.2) is 9.78 Å². The summed E-state index contributed by atoms with van der Waals surface area (Å²) in [5.41, 5.74) is 3.66. The molecule has 0 radical (unpaired) electrons. The monoisotopic (exact) mass is 475 g/mol. The molecule has 35 heavy (non-hydrogen) atoms. The van der Waals surface area contributed by atoms with Crippen molar-refractivity contribution in [2.75, 3.05) is 11.5 Å². The van der Waals surface area contributed by atoms with Gasteiger partial charge in [0.15, 0.2) is 0 Å². The van der Waals surface area contributed by atoms with E-state index in [1.54, 1.807) is 18.2 Å². The largest absolute Gasteiger partial charge is 0.489 e. The molecule has 6 heteroatoms. The molecule has 1 heterocycles. The summed E-state index contributed by atoms with van der Waals surface area (Å²) in [6, 6.07) is 13.6. The zero-order chi connectivity index (χ0) is 25.2. The van der Waals surface area contributed by atoms with Crippen LogP contribution in [0.4, 0.5) is 5.95 Å². The van der Waals surface area contributed by atoms with E-state index < -0.39 is 5.97 Å². The van der Waals surface area contributed by atoms with Crippen molar-refractivity contribution in [3.05, 3.63) is 66.2 Å². The van der Waals surface area contributed by atoms with Gasteiger partial charge in [-0.3, -0.25) is 0 Å². The Morgan fingerprint density at radius 3 is 2.46 bits per heavy atom. The Labute approximate surface area is 208 Å². The second kappa shape index (κ2) is 10.1. The molecule has 1 aliphatic carbocycles. The van der Waals surface area contributed by atoms with Gasteiger partial charge in [0.1, 0.15) is 12.4 Å². The summed E-state index contributed by atoms with van der Waals surface area (Å²) in [5, 5.41) is 9.28. The molecule has 0 atom stereocenters. The van der Waals surface area contributed by atoms with Crippen molar-refractivity contribution < 1.29 is 14.6 Å². The highest BCUT2D eigenvalue weighted by Gasteiger charge is 2.33. The summed E-state index contributed by atoms with van der Waals surface area (Å²) >= 11 is 0. The number of fused-ring (bicyclic) bond motifs is 1. The standard InChI is InChI=1S/C29H37N3O3/c1-6-17-35-24-15-16-25-26(18-24)31(5)28(30-25)32(19-20-7-9-21(10-8-20)27(33)34)23-13-11-22(12-14-23)29(2,3)4/h6-10,15-16,18,22-23H,1,11-14,17,19H2,2-5H3,(H,33,34). The third-order valence-corrected chi connectivity index (χ3v) is 7.37. The van der Waals surface area contributed by atoms with Crippen LogP contribution in [0.15, 0.2) is 55.1 Å². The van der Waals surface area contributed by atoms with Gasteiger partial charge in [0.2, 0.25) is 5.95 Å². The van der Waals surface area contributed by atoms with Crippen molar-refractivity contribution in [2.24, 2.45) is 18.4 Å². The minimum absolute atomic E-state index is 0.306. The lowest BCUT2D eigenvalue weighted by Gasteiger charge is -2.41. The van der Waals surface area contributed by atoms with Crippen LogP contribution in [-0.4, -0.2) is 33.3 Å². The van der Waals surface area contributed by atoms with Crippen LogP contribution in [0.1, 0.15) is 62.4 Å². The Morgan fingerprint density at radius 2 is 1.86 bits per heavy atom. The maximum atomic E-state index is 11.3. The summed E-state index contributed by atoms with van der Waals surface area (Å²) < 4.78 is 7.90. The van der Waals surface area contributed by atoms with Crippen LogP contribution < -0.4 is 9.64 Å². The van der Waals surface area contributed by atoms with Gasteiger partial charge >= 0.3 is 5.97 Å². The molecule has 0 saturated heterocycles. The van der Waals surface area contributed by atoms with Crippen LogP contribution in [-0.2, 0) is 13.6 Å². The molecule has 0 amide bonds. The zero-order valence-corrected chi connectivity index (χ0v) is 21.3. The minimum atomic E-state index is -0.904. The summed E-state index contributed by atoms with van der Waals surface area (Å²) in [7, 11) is 2.06. The number of benzene rings is 2. The molecule has 1 N–H and O–H groups in total. The normalized spacial score (nSPS) is 18.4. The highest BCUT2D eigenvalue weighted by Crippen LogP contribution is 2.40. The predicted octanol–water partition coefficient (Wildman–Crippen LogP) is 6.45. The van der Waals surface area contributed by atoms with Crippen LogP contribution in [0.2, 0.25) is 0 Å². The predicted molar refractivity (Wildman–Crippen MR) is 141 cm³/mol. The molecule has 0 bridgehead atoms. The Kier molecular flexibility index (Phi) is 7.20. The number of aromatic carboxylic acids is 1. The van der Waals surface area contributed by atoms with E-state index in [9.17, 15) is 9.90 Å². The van der Waals surface area contributed by atoms with E-state index in [2.05, 4.69) is 43.9 Å². The molecule has 0 spiro atoms. The van der Waals surface area contributed by atoms with Crippen LogP contribution in [0.3, 0.4) is 0 Å². The number of hydrogen-bond donors (Lipinski definition) is 1. The fourth-order valence-corrected chi connectivity index (χ4v) is 5.22. The number of imidazole rings is 1. The Balaban J connectivity index is 1.67. The highest BCUT2D eigenvalue weighted by molar-refractivity contribution is 5.87. The number of aromatic nitrogens is 2.